The Hall–Kier alpha value is -0.600. The van der Waals surface area contributed by atoms with E-state index in [4.69, 9.17) is 9.47 Å². The predicted molar refractivity (Wildman–Crippen MR) is 62.9 cm³/mol. The molecule has 2 heteroatoms. The van der Waals surface area contributed by atoms with E-state index in [1.807, 2.05) is 0 Å². The summed E-state index contributed by atoms with van der Waals surface area (Å²) in [6.45, 7) is 10.8. The van der Waals surface area contributed by atoms with Crippen molar-refractivity contribution in [1.82, 2.24) is 0 Å². The average molecular weight is 210 g/mol. The highest BCUT2D eigenvalue weighted by molar-refractivity contribution is 4.82. The van der Waals surface area contributed by atoms with Crippen molar-refractivity contribution in [2.75, 3.05) is 13.2 Å². The molecule has 0 radical (unpaired) electrons. The van der Waals surface area contributed by atoms with Crippen molar-refractivity contribution in [2.24, 2.45) is 5.92 Å². The van der Waals surface area contributed by atoms with Crippen LogP contribution in [0.1, 0.15) is 26.2 Å². The standard InChI is InChI=1S/C13H22O2/c1-4-8-14-12-7-6-11(3)10-13(12)15-9-5-2/h4-5,11-13H,1-2,6-10H2,3H3/t11-,12+,13+/m0/s1. The number of ether oxygens (including phenoxy) is 2. The van der Waals surface area contributed by atoms with Gasteiger partial charge in [0, 0.05) is 0 Å². The van der Waals surface area contributed by atoms with Crippen LogP contribution in [0.25, 0.3) is 0 Å². The maximum absolute atomic E-state index is 5.73. The second-order valence-electron chi connectivity index (χ2n) is 4.24. The lowest BCUT2D eigenvalue weighted by atomic mass is 9.86. The molecule has 0 aliphatic heterocycles. The molecule has 86 valence electrons. The van der Waals surface area contributed by atoms with Crippen LogP contribution in [-0.4, -0.2) is 25.4 Å². The highest BCUT2D eigenvalue weighted by atomic mass is 16.5. The van der Waals surface area contributed by atoms with Gasteiger partial charge in [-0.15, -0.1) is 13.2 Å². The van der Waals surface area contributed by atoms with E-state index < -0.39 is 0 Å². The molecule has 0 unspecified atom stereocenters. The van der Waals surface area contributed by atoms with Crippen molar-refractivity contribution in [1.29, 1.82) is 0 Å². The van der Waals surface area contributed by atoms with Crippen molar-refractivity contribution in [3.63, 3.8) is 0 Å². The molecule has 0 aromatic heterocycles. The molecule has 0 bridgehead atoms. The molecule has 0 spiro atoms. The van der Waals surface area contributed by atoms with E-state index >= 15 is 0 Å². The third-order valence-electron chi connectivity index (χ3n) is 2.85. The third-order valence-corrected chi connectivity index (χ3v) is 2.85. The van der Waals surface area contributed by atoms with Gasteiger partial charge in [0.25, 0.3) is 0 Å². The highest BCUT2D eigenvalue weighted by Gasteiger charge is 2.29. The first kappa shape index (κ1) is 12.5. The van der Waals surface area contributed by atoms with E-state index in [1.54, 1.807) is 12.2 Å². The van der Waals surface area contributed by atoms with Gasteiger partial charge in [-0.05, 0) is 25.2 Å². The lowest BCUT2D eigenvalue weighted by molar-refractivity contribution is -0.0877. The van der Waals surface area contributed by atoms with Crippen LogP contribution in [0.3, 0.4) is 0 Å². The summed E-state index contributed by atoms with van der Waals surface area (Å²) in [5, 5.41) is 0. The van der Waals surface area contributed by atoms with E-state index in [2.05, 4.69) is 20.1 Å². The summed E-state index contributed by atoms with van der Waals surface area (Å²) in [5.74, 6) is 0.739. The summed E-state index contributed by atoms with van der Waals surface area (Å²) < 4.78 is 11.4. The Morgan fingerprint density at radius 2 is 1.67 bits per heavy atom. The first-order valence-electron chi connectivity index (χ1n) is 5.73. The van der Waals surface area contributed by atoms with E-state index in [-0.39, 0.29) is 12.2 Å². The van der Waals surface area contributed by atoms with Crippen molar-refractivity contribution in [3.05, 3.63) is 25.3 Å². The zero-order chi connectivity index (χ0) is 11.1. The van der Waals surface area contributed by atoms with E-state index in [9.17, 15) is 0 Å². The topological polar surface area (TPSA) is 18.5 Å². The largest absolute Gasteiger partial charge is 0.371 e. The fourth-order valence-corrected chi connectivity index (χ4v) is 2.05. The zero-order valence-corrected chi connectivity index (χ0v) is 9.65. The molecular formula is C13H22O2. The smallest absolute Gasteiger partial charge is 0.0843 e. The average Bonchev–Trinajstić information content (AvgIpc) is 2.25. The molecule has 0 saturated heterocycles. The van der Waals surface area contributed by atoms with E-state index in [0.717, 1.165) is 18.8 Å². The van der Waals surface area contributed by atoms with Gasteiger partial charge in [-0.1, -0.05) is 19.1 Å². The van der Waals surface area contributed by atoms with Crippen molar-refractivity contribution < 1.29 is 9.47 Å². The fraction of sp³-hybridized carbons (Fsp3) is 0.692. The van der Waals surface area contributed by atoms with Crippen molar-refractivity contribution in [3.8, 4) is 0 Å². The van der Waals surface area contributed by atoms with Gasteiger partial charge in [-0.3, -0.25) is 0 Å². The number of rotatable bonds is 6. The Morgan fingerprint density at radius 1 is 1.07 bits per heavy atom. The zero-order valence-electron chi connectivity index (χ0n) is 9.65. The summed E-state index contributed by atoms with van der Waals surface area (Å²) in [7, 11) is 0. The van der Waals surface area contributed by atoms with Crippen LogP contribution in [0, 0.1) is 5.92 Å². The van der Waals surface area contributed by atoms with Crippen LogP contribution in [-0.2, 0) is 9.47 Å². The summed E-state index contributed by atoms with van der Waals surface area (Å²) >= 11 is 0. The fourth-order valence-electron chi connectivity index (χ4n) is 2.05. The Bertz CT molecular complexity index is 201. The molecule has 0 heterocycles. The molecule has 0 aromatic carbocycles. The quantitative estimate of drug-likeness (QED) is 0.627. The van der Waals surface area contributed by atoms with Crippen molar-refractivity contribution in [2.45, 2.75) is 38.4 Å². The summed E-state index contributed by atoms with van der Waals surface area (Å²) in [5.41, 5.74) is 0. The molecule has 15 heavy (non-hydrogen) atoms. The molecule has 0 amide bonds. The molecule has 1 fully saturated rings. The maximum Gasteiger partial charge on any atom is 0.0843 e. The summed E-state index contributed by atoms with van der Waals surface area (Å²) in [6.07, 6.45) is 7.47. The highest BCUT2D eigenvalue weighted by Crippen LogP contribution is 2.28. The molecule has 0 aromatic rings. The third kappa shape index (κ3) is 4.18. The van der Waals surface area contributed by atoms with E-state index in [0.29, 0.717) is 13.2 Å². The van der Waals surface area contributed by atoms with Gasteiger partial charge >= 0.3 is 0 Å². The van der Waals surface area contributed by atoms with Crippen LogP contribution in [0.2, 0.25) is 0 Å². The molecular weight excluding hydrogens is 188 g/mol. The minimum Gasteiger partial charge on any atom is -0.371 e. The molecule has 1 aliphatic carbocycles. The van der Waals surface area contributed by atoms with Gasteiger partial charge < -0.3 is 9.47 Å². The minimum absolute atomic E-state index is 0.228. The molecule has 0 N–H and O–H groups in total. The molecule has 3 atom stereocenters. The summed E-state index contributed by atoms with van der Waals surface area (Å²) in [4.78, 5) is 0. The van der Waals surface area contributed by atoms with Crippen LogP contribution >= 0.6 is 0 Å². The first-order valence-corrected chi connectivity index (χ1v) is 5.73. The number of hydrogen-bond acceptors (Lipinski definition) is 2. The monoisotopic (exact) mass is 210 g/mol. The Kier molecular flexibility index (Phi) is 5.66. The second kappa shape index (κ2) is 6.81. The SMILES string of the molecule is C=CCO[C@@H]1CC[C@H](C)C[C@H]1OCC=C. The lowest BCUT2D eigenvalue weighted by Crippen LogP contribution is -2.37. The predicted octanol–water partition coefficient (Wildman–Crippen LogP) is 2.95. The van der Waals surface area contributed by atoms with Crippen molar-refractivity contribution >= 4 is 0 Å². The molecule has 2 nitrogen and oxygen atoms in total. The van der Waals surface area contributed by atoms with Gasteiger partial charge in [0.2, 0.25) is 0 Å². The molecule has 1 saturated carbocycles. The van der Waals surface area contributed by atoms with Gasteiger partial charge in [-0.25, -0.2) is 0 Å². The van der Waals surface area contributed by atoms with Crippen LogP contribution in [0.4, 0.5) is 0 Å². The first-order chi connectivity index (χ1) is 7.27. The van der Waals surface area contributed by atoms with Gasteiger partial charge in [0.05, 0.1) is 25.4 Å². The second-order valence-corrected chi connectivity index (χ2v) is 4.24. The normalized spacial score (nSPS) is 31.1. The Morgan fingerprint density at radius 3 is 2.27 bits per heavy atom. The van der Waals surface area contributed by atoms with Gasteiger partial charge in [-0.2, -0.15) is 0 Å². The maximum atomic E-state index is 5.73. The lowest BCUT2D eigenvalue weighted by Gasteiger charge is -2.34. The molecule has 1 aliphatic rings. The van der Waals surface area contributed by atoms with E-state index in [1.165, 1.54) is 6.42 Å². The summed E-state index contributed by atoms with van der Waals surface area (Å²) in [6, 6.07) is 0. The van der Waals surface area contributed by atoms with Gasteiger partial charge in [0.15, 0.2) is 0 Å². The number of hydrogen-bond donors (Lipinski definition) is 0. The van der Waals surface area contributed by atoms with Crippen LogP contribution in [0.15, 0.2) is 25.3 Å². The Balaban J connectivity index is 2.41. The van der Waals surface area contributed by atoms with Gasteiger partial charge in [0.1, 0.15) is 0 Å². The Labute approximate surface area is 93.0 Å². The minimum atomic E-state index is 0.228. The van der Waals surface area contributed by atoms with Crippen LogP contribution in [0.5, 0.6) is 0 Å². The molecule has 1 rings (SSSR count). The van der Waals surface area contributed by atoms with Crippen LogP contribution < -0.4 is 0 Å².